The minimum atomic E-state index is -0.654. The van der Waals surface area contributed by atoms with Crippen LogP contribution in [0.5, 0.6) is 0 Å². The molecule has 1 atom stereocenters. The third kappa shape index (κ3) is 5.71. The van der Waals surface area contributed by atoms with Crippen LogP contribution < -0.4 is 16.3 Å². The first-order valence-electron chi connectivity index (χ1n) is 13.1. The Bertz CT molecular complexity index is 1050. The first-order valence-corrected chi connectivity index (χ1v) is 13.1. The lowest BCUT2D eigenvalue weighted by atomic mass is 10.1. The molecule has 2 amide bonds. The van der Waals surface area contributed by atoms with E-state index in [0.717, 1.165) is 29.7 Å². The average Bonchev–Trinajstić information content (AvgIpc) is 3.09. The molecule has 2 aliphatic rings. The monoisotopic (exact) mass is 469 g/mol. The second-order valence-corrected chi connectivity index (χ2v) is 9.80. The van der Waals surface area contributed by atoms with Crippen molar-refractivity contribution in [1.82, 2.24) is 19.4 Å². The molecule has 0 aliphatic carbocycles. The number of imidazole rings is 1. The summed E-state index contributed by atoms with van der Waals surface area (Å²) in [5.74, 6) is -0.681. The molecule has 186 valence electrons. The van der Waals surface area contributed by atoms with Gasteiger partial charge in [0.25, 0.3) is 0 Å². The van der Waals surface area contributed by atoms with Gasteiger partial charge in [-0.05, 0) is 63.9 Å². The lowest BCUT2D eigenvalue weighted by Gasteiger charge is -2.26. The minimum absolute atomic E-state index is 0.233. The molecule has 0 spiro atoms. The molecule has 34 heavy (non-hydrogen) atoms. The first-order chi connectivity index (χ1) is 16.6. The van der Waals surface area contributed by atoms with E-state index in [1.165, 1.54) is 75.6 Å². The zero-order valence-electron chi connectivity index (χ0n) is 20.5. The zero-order valence-corrected chi connectivity index (χ0v) is 20.5. The van der Waals surface area contributed by atoms with Gasteiger partial charge < -0.3 is 10.2 Å². The number of benzene rings is 1. The van der Waals surface area contributed by atoms with Gasteiger partial charge in [0.15, 0.2) is 0 Å². The van der Waals surface area contributed by atoms with Gasteiger partial charge in [-0.25, -0.2) is 4.79 Å². The summed E-state index contributed by atoms with van der Waals surface area (Å²) in [5.41, 5.74) is 2.20. The molecular weight excluding hydrogens is 430 g/mol. The van der Waals surface area contributed by atoms with Gasteiger partial charge in [-0.2, -0.15) is 0 Å². The molecule has 2 aromatic rings. The van der Waals surface area contributed by atoms with Crippen LogP contribution in [-0.2, 0) is 16.6 Å². The van der Waals surface area contributed by atoms with Crippen LogP contribution in [0.3, 0.4) is 0 Å². The molecule has 2 aliphatic heterocycles. The summed E-state index contributed by atoms with van der Waals surface area (Å²) in [6, 6.07) is 5.11. The summed E-state index contributed by atoms with van der Waals surface area (Å²) in [6.45, 7) is 4.70. The molecule has 2 fully saturated rings. The van der Waals surface area contributed by atoms with Crippen LogP contribution in [0, 0.1) is 0 Å². The SMILES string of the molecule is Cn1c(=O)n(C2CCC(=O)NC2=O)c2cccc(NCCCCCCCCN3CCCCC3)c21. The Morgan fingerprint density at radius 1 is 0.971 bits per heavy atom. The van der Waals surface area contributed by atoms with Crippen molar-refractivity contribution < 1.29 is 9.59 Å². The third-order valence-corrected chi connectivity index (χ3v) is 7.29. The van der Waals surface area contributed by atoms with Crippen molar-refractivity contribution in [2.45, 2.75) is 76.7 Å². The Morgan fingerprint density at radius 2 is 1.71 bits per heavy atom. The number of rotatable bonds is 11. The molecule has 3 heterocycles. The van der Waals surface area contributed by atoms with E-state index in [1.807, 2.05) is 18.2 Å². The molecule has 1 unspecified atom stereocenters. The van der Waals surface area contributed by atoms with Crippen molar-refractivity contribution >= 4 is 28.5 Å². The van der Waals surface area contributed by atoms with E-state index in [-0.39, 0.29) is 18.0 Å². The maximum absolute atomic E-state index is 13.0. The van der Waals surface area contributed by atoms with Gasteiger partial charge in [-0.1, -0.05) is 38.2 Å². The lowest BCUT2D eigenvalue weighted by Crippen LogP contribution is -2.44. The van der Waals surface area contributed by atoms with Gasteiger partial charge in [-0.15, -0.1) is 0 Å². The number of hydrogen-bond acceptors (Lipinski definition) is 5. The van der Waals surface area contributed by atoms with E-state index < -0.39 is 11.9 Å². The molecule has 8 nitrogen and oxygen atoms in total. The van der Waals surface area contributed by atoms with Gasteiger partial charge in [0.1, 0.15) is 6.04 Å². The Hall–Kier alpha value is -2.61. The number of carbonyl (C=O) groups is 2. The molecule has 2 N–H and O–H groups in total. The van der Waals surface area contributed by atoms with E-state index in [2.05, 4.69) is 15.5 Å². The molecule has 1 aromatic heterocycles. The van der Waals surface area contributed by atoms with Crippen molar-refractivity contribution in [2.24, 2.45) is 7.05 Å². The molecule has 2 saturated heterocycles. The van der Waals surface area contributed by atoms with Crippen LogP contribution in [0.4, 0.5) is 5.69 Å². The topological polar surface area (TPSA) is 88.4 Å². The molecule has 0 radical (unpaired) electrons. The predicted molar refractivity (Wildman–Crippen MR) is 135 cm³/mol. The number of aromatic nitrogens is 2. The largest absolute Gasteiger partial charge is 0.383 e. The second-order valence-electron chi connectivity index (χ2n) is 9.80. The fourth-order valence-electron chi connectivity index (χ4n) is 5.38. The third-order valence-electron chi connectivity index (χ3n) is 7.29. The van der Waals surface area contributed by atoms with Crippen LogP contribution in [0.1, 0.15) is 76.7 Å². The second kappa shape index (κ2) is 11.7. The van der Waals surface area contributed by atoms with Crippen LogP contribution in [-0.4, -0.2) is 52.0 Å². The molecule has 0 bridgehead atoms. The van der Waals surface area contributed by atoms with Crippen LogP contribution in [0.15, 0.2) is 23.0 Å². The number of imide groups is 1. The highest BCUT2D eigenvalue weighted by atomic mass is 16.2. The van der Waals surface area contributed by atoms with E-state index in [1.54, 1.807) is 11.6 Å². The molecule has 1 aromatic carbocycles. The number of likely N-dealkylation sites (tertiary alicyclic amines) is 1. The standard InChI is InChI=1S/C26H39N5O3/c1-29-24-20(27-16-7-4-2-3-5-8-17-30-18-9-6-10-19-30)12-11-13-21(24)31(26(29)34)22-14-15-23(32)28-25(22)33/h11-13,22,27H,2-10,14-19H2,1H3,(H,28,32,33). The number of nitrogens with zero attached hydrogens (tertiary/aromatic N) is 3. The smallest absolute Gasteiger partial charge is 0.329 e. The summed E-state index contributed by atoms with van der Waals surface area (Å²) in [7, 11) is 1.74. The summed E-state index contributed by atoms with van der Waals surface area (Å²) in [5, 5.41) is 5.86. The highest BCUT2D eigenvalue weighted by molar-refractivity contribution is 6.00. The Kier molecular flexibility index (Phi) is 8.43. The van der Waals surface area contributed by atoms with Crippen LogP contribution in [0.25, 0.3) is 11.0 Å². The summed E-state index contributed by atoms with van der Waals surface area (Å²) < 4.78 is 3.13. The van der Waals surface area contributed by atoms with E-state index in [4.69, 9.17) is 0 Å². The zero-order chi connectivity index (χ0) is 23.9. The normalized spacial score (nSPS) is 19.5. The summed E-state index contributed by atoms with van der Waals surface area (Å²) in [4.78, 5) is 39.5. The van der Waals surface area contributed by atoms with E-state index in [9.17, 15) is 14.4 Å². The number of carbonyl (C=O) groups excluding carboxylic acids is 2. The summed E-state index contributed by atoms with van der Waals surface area (Å²) >= 11 is 0. The Morgan fingerprint density at radius 3 is 2.47 bits per heavy atom. The van der Waals surface area contributed by atoms with Gasteiger partial charge in [0, 0.05) is 20.0 Å². The van der Waals surface area contributed by atoms with Gasteiger partial charge in [-0.3, -0.25) is 24.0 Å². The highest BCUT2D eigenvalue weighted by Gasteiger charge is 2.31. The van der Waals surface area contributed by atoms with E-state index >= 15 is 0 Å². The van der Waals surface area contributed by atoms with Crippen molar-refractivity contribution in [1.29, 1.82) is 0 Å². The van der Waals surface area contributed by atoms with Gasteiger partial charge in [0.05, 0.1) is 16.7 Å². The van der Waals surface area contributed by atoms with Crippen molar-refractivity contribution in [3.05, 3.63) is 28.7 Å². The maximum Gasteiger partial charge on any atom is 0.329 e. The maximum atomic E-state index is 13.0. The number of fused-ring (bicyclic) bond motifs is 1. The minimum Gasteiger partial charge on any atom is -0.383 e. The fourth-order valence-corrected chi connectivity index (χ4v) is 5.38. The van der Waals surface area contributed by atoms with Crippen LogP contribution >= 0.6 is 0 Å². The number of para-hydroxylation sites is 1. The Balaban J connectivity index is 1.25. The van der Waals surface area contributed by atoms with Crippen molar-refractivity contribution in [3.63, 3.8) is 0 Å². The Labute approximate surface area is 201 Å². The first kappa shape index (κ1) is 24.5. The van der Waals surface area contributed by atoms with Crippen molar-refractivity contribution in [3.8, 4) is 0 Å². The number of aryl methyl sites for hydroxylation is 1. The fraction of sp³-hybridized carbons (Fsp3) is 0.654. The summed E-state index contributed by atoms with van der Waals surface area (Å²) in [6.07, 6.45) is 12.2. The van der Waals surface area contributed by atoms with Crippen molar-refractivity contribution in [2.75, 3.05) is 31.5 Å². The highest BCUT2D eigenvalue weighted by Crippen LogP contribution is 2.27. The number of piperidine rings is 2. The molecule has 4 rings (SSSR count). The molecule has 0 saturated carbocycles. The van der Waals surface area contributed by atoms with Gasteiger partial charge >= 0.3 is 5.69 Å². The molecular formula is C26H39N5O3. The number of anilines is 1. The number of unbranched alkanes of at least 4 members (excludes halogenated alkanes) is 5. The lowest BCUT2D eigenvalue weighted by molar-refractivity contribution is -0.135. The van der Waals surface area contributed by atoms with Gasteiger partial charge in [0.2, 0.25) is 11.8 Å². The number of amides is 2. The number of hydrogen-bond donors (Lipinski definition) is 2. The predicted octanol–water partition coefficient (Wildman–Crippen LogP) is 3.56. The van der Waals surface area contributed by atoms with E-state index in [0.29, 0.717) is 6.42 Å². The molecule has 8 heteroatoms. The average molecular weight is 470 g/mol. The van der Waals surface area contributed by atoms with Crippen LogP contribution in [0.2, 0.25) is 0 Å². The quantitative estimate of drug-likeness (QED) is 0.388. The number of nitrogens with one attached hydrogen (secondary N) is 2.